The topological polar surface area (TPSA) is 67.6 Å². The molecule has 1 aliphatic rings. The molecule has 118 valence electrons. The van der Waals surface area contributed by atoms with Gasteiger partial charge in [0.1, 0.15) is 5.58 Å². The molecule has 5 nitrogen and oxygen atoms in total. The SMILES string of the molecule is Cc1c(C(=O)N(C)[C@@H]2CCS(=O)(=O)C2)oc2ccc(Br)cc12. The Morgan fingerprint density at radius 2 is 2.14 bits per heavy atom. The lowest BCUT2D eigenvalue weighted by atomic mass is 10.1. The Bertz CT molecular complexity index is 856. The van der Waals surface area contributed by atoms with E-state index in [0.29, 0.717) is 12.0 Å². The van der Waals surface area contributed by atoms with Crippen LogP contribution in [0.3, 0.4) is 0 Å². The molecule has 2 heterocycles. The molecule has 0 bridgehead atoms. The van der Waals surface area contributed by atoms with Gasteiger partial charge >= 0.3 is 0 Å². The summed E-state index contributed by atoms with van der Waals surface area (Å²) in [5.41, 5.74) is 1.42. The summed E-state index contributed by atoms with van der Waals surface area (Å²) >= 11 is 3.40. The number of sulfone groups is 1. The fraction of sp³-hybridized carbons (Fsp3) is 0.400. The largest absolute Gasteiger partial charge is 0.451 e. The molecule has 7 heteroatoms. The van der Waals surface area contributed by atoms with Gasteiger partial charge in [-0.15, -0.1) is 0 Å². The lowest BCUT2D eigenvalue weighted by Crippen LogP contribution is -2.37. The van der Waals surface area contributed by atoms with Crippen molar-refractivity contribution in [1.82, 2.24) is 4.90 Å². The number of aryl methyl sites for hydroxylation is 1. The molecule has 1 aromatic carbocycles. The summed E-state index contributed by atoms with van der Waals surface area (Å²) in [4.78, 5) is 14.1. The van der Waals surface area contributed by atoms with E-state index >= 15 is 0 Å². The summed E-state index contributed by atoms with van der Waals surface area (Å²) in [6, 6.07) is 5.29. The third-order valence-corrected chi connectivity index (χ3v) is 6.41. The molecule has 1 saturated heterocycles. The van der Waals surface area contributed by atoms with E-state index in [9.17, 15) is 13.2 Å². The van der Waals surface area contributed by atoms with Gasteiger partial charge in [-0.25, -0.2) is 8.42 Å². The van der Waals surface area contributed by atoms with E-state index in [-0.39, 0.29) is 29.2 Å². The van der Waals surface area contributed by atoms with Crippen molar-refractivity contribution in [1.29, 1.82) is 0 Å². The molecular weight excluding hydrogens is 370 g/mol. The molecule has 0 saturated carbocycles. The van der Waals surface area contributed by atoms with Crippen LogP contribution in [0.5, 0.6) is 0 Å². The fourth-order valence-corrected chi connectivity index (χ4v) is 4.94. The van der Waals surface area contributed by atoms with Crippen LogP contribution in [-0.4, -0.2) is 43.8 Å². The first kappa shape index (κ1) is 15.6. The number of carbonyl (C=O) groups excluding carboxylic acids is 1. The highest BCUT2D eigenvalue weighted by Crippen LogP contribution is 2.29. The van der Waals surface area contributed by atoms with Gasteiger partial charge in [0.05, 0.1) is 11.5 Å². The zero-order valence-electron chi connectivity index (χ0n) is 12.3. The van der Waals surface area contributed by atoms with Crippen molar-refractivity contribution in [2.75, 3.05) is 18.6 Å². The van der Waals surface area contributed by atoms with Gasteiger partial charge in [0.15, 0.2) is 15.6 Å². The number of hydrogen-bond donors (Lipinski definition) is 0. The number of hydrogen-bond acceptors (Lipinski definition) is 4. The first-order valence-corrected chi connectivity index (χ1v) is 9.56. The van der Waals surface area contributed by atoms with Crippen molar-refractivity contribution >= 4 is 42.6 Å². The highest BCUT2D eigenvalue weighted by molar-refractivity contribution is 9.10. The summed E-state index contributed by atoms with van der Waals surface area (Å²) in [6.07, 6.45) is 0.482. The Labute approximate surface area is 137 Å². The van der Waals surface area contributed by atoms with Crippen molar-refractivity contribution in [3.8, 4) is 0 Å². The predicted molar refractivity (Wildman–Crippen MR) is 87.8 cm³/mol. The van der Waals surface area contributed by atoms with Crippen molar-refractivity contribution in [2.45, 2.75) is 19.4 Å². The molecule has 1 amide bonds. The second-order valence-electron chi connectivity index (χ2n) is 5.67. The Kier molecular flexibility index (Phi) is 3.81. The summed E-state index contributed by atoms with van der Waals surface area (Å²) in [5, 5.41) is 0.880. The number of fused-ring (bicyclic) bond motifs is 1. The van der Waals surface area contributed by atoms with Gasteiger partial charge in [0.25, 0.3) is 5.91 Å². The number of nitrogens with zero attached hydrogens (tertiary/aromatic N) is 1. The van der Waals surface area contributed by atoms with Crippen LogP contribution in [0.2, 0.25) is 0 Å². The number of carbonyl (C=O) groups is 1. The average Bonchev–Trinajstić information content (AvgIpc) is 2.98. The maximum atomic E-state index is 12.6. The minimum Gasteiger partial charge on any atom is -0.451 e. The zero-order valence-corrected chi connectivity index (χ0v) is 14.7. The van der Waals surface area contributed by atoms with Crippen LogP contribution in [-0.2, 0) is 9.84 Å². The first-order valence-electron chi connectivity index (χ1n) is 6.95. The van der Waals surface area contributed by atoms with Gasteiger partial charge in [0, 0.05) is 28.5 Å². The van der Waals surface area contributed by atoms with E-state index in [0.717, 1.165) is 15.4 Å². The third-order valence-electron chi connectivity index (χ3n) is 4.17. The van der Waals surface area contributed by atoms with Crippen molar-refractivity contribution in [2.24, 2.45) is 0 Å². The number of amides is 1. The molecule has 0 spiro atoms. The monoisotopic (exact) mass is 385 g/mol. The van der Waals surface area contributed by atoms with E-state index in [1.165, 1.54) is 4.90 Å². The van der Waals surface area contributed by atoms with Crippen molar-refractivity contribution in [3.05, 3.63) is 34.0 Å². The van der Waals surface area contributed by atoms with Gasteiger partial charge in [0.2, 0.25) is 0 Å². The van der Waals surface area contributed by atoms with Gasteiger partial charge in [-0.2, -0.15) is 0 Å². The number of halogens is 1. The Hall–Kier alpha value is -1.34. The fourth-order valence-electron chi connectivity index (χ4n) is 2.80. The summed E-state index contributed by atoms with van der Waals surface area (Å²) in [6.45, 7) is 1.84. The molecule has 22 heavy (non-hydrogen) atoms. The molecule has 0 N–H and O–H groups in total. The molecule has 0 radical (unpaired) electrons. The van der Waals surface area contributed by atoms with Gasteiger partial charge in [-0.1, -0.05) is 15.9 Å². The van der Waals surface area contributed by atoms with E-state index in [1.807, 2.05) is 25.1 Å². The van der Waals surface area contributed by atoms with Crippen molar-refractivity contribution in [3.63, 3.8) is 0 Å². The molecule has 1 aliphatic heterocycles. The minimum atomic E-state index is -3.03. The quantitative estimate of drug-likeness (QED) is 0.796. The van der Waals surface area contributed by atoms with Crippen LogP contribution in [0.1, 0.15) is 22.5 Å². The van der Waals surface area contributed by atoms with E-state index in [2.05, 4.69) is 15.9 Å². The smallest absolute Gasteiger partial charge is 0.289 e. The number of benzene rings is 1. The van der Waals surface area contributed by atoms with Crippen LogP contribution in [0.15, 0.2) is 27.1 Å². The second kappa shape index (κ2) is 5.38. The van der Waals surface area contributed by atoms with Gasteiger partial charge in [-0.05, 0) is 31.5 Å². The van der Waals surface area contributed by atoms with Gasteiger partial charge in [-0.3, -0.25) is 4.79 Å². The maximum absolute atomic E-state index is 12.6. The average molecular weight is 386 g/mol. The molecule has 1 aromatic heterocycles. The summed E-state index contributed by atoms with van der Waals surface area (Å²) in [5.74, 6) is 0.174. The van der Waals surface area contributed by atoms with E-state index < -0.39 is 9.84 Å². The minimum absolute atomic E-state index is 0.0278. The second-order valence-corrected chi connectivity index (χ2v) is 8.81. The molecule has 1 atom stereocenters. The highest BCUT2D eigenvalue weighted by Gasteiger charge is 2.34. The van der Waals surface area contributed by atoms with Crippen LogP contribution in [0, 0.1) is 6.92 Å². The Morgan fingerprint density at radius 1 is 1.41 bits per heavy atom. The van der Waals surface area contributed by atoms with Crippen LogP contribution in [0.4, 0.5) is 0 Å². The molecule has 0 unspecified atom stereocenters. The Balaban J connectivity index is 1.94. The molecular formula is C15H16BrNO4S. The Morgan fingerprint density at radius 3 is 2.77 bits per heavy atom. The van der Waals surface area contributed by atoms with E-state index in [4.69, 9.17) is 4.42 Å². The third kappa shape index (κ3) is 2.67. The van der Waals surface area contributed by atoms with Crippen LogP contribution < -0.4 is 0 Å². The maximum Gasteiger partial charge on any atom is 0.289 e. The number of furan rings is 1. The summed E-state index contributed by atoms with van der Waals surface area (Å²) < 4.78 is 29.8. The van der Waals surface area contributed by atoms with Crippen LogP contribution >= 0.6 is 15.9 Å². The molecule has 0 aliphatic carbocycles. The van der Waals surface area contributed by atoms with Gasteiger partial charge < -0.3 is 9.32 Å². The normalized spacial score (nSPS) is 20.4. The lowest BCUT2D eigenvalue weighted by Gasteiger charge is -2.22. The number of rotatable bonds is 2. The standard InChI is InChI=1S/C15H16BrNO4S/c1-9-12-7-10(16)3-4-13(12)21-14(9)15(18)17(2)11-5-6-22(19,20)8-11/h3-4,7,11H,5-6,8H2,1-2H3/t11-/m1/s1. The molecule has 1 fully saturated rings. The van der Waals surface area contributed by atoms with E-state index in [1.54, 1.807) is 7.05 Å². The molecule has 2 aromatic rings. The lowest BCUT2D eigenvalue weighted by molar-refractivity contribution is 0.0717. The van der Waals surface area contributed by atoms with Crippen LogP contribution in [0.25, 0.3) is 11.0 Å². The van der Waals surface area contributed by atoms with Crippen molar-refractivity contribution < 1.29 is 17.6 Å². The highest BCUT2D eigenvalue weighted by atomic mass is 79.9. The molecule has 3 rings (SSSR count). The zero-order chi connectivity index (χ0) is 16.1. The first-order chi connectivity index (χ1) is 10.3. The predicted octanol–water partition coefficient (Wildman–Crippen LogP) is 2.76. The summed E-state index contributed by atoms with van der Waals surface area (Å²) in [7, 11) is -1.39.